The average Bonchev–Trinajstić information content (AvgIpc) is 2.33. The normalized spacial score (nSPS) is 15.6. The Morgan fingerprint density at radius 1 is 1.00 bits per heavy atom. The third-order valence-corrected chi connectivity index (χ3v) is 3.00. The number of nitrogens with two attached hydrogens (primary N) is 1. The van der Waals surface area contributed by atoms with Crippen molar-refractivity contribution >= 4 is 5.91 Å². The smallest absolute Gasteiger partial charge is 0.260 e. The maximum Gasteiger partial charge on any atom is 0.260 e. The molecule has 1 fully saturated rings. The van der Waals surface area contributed by atoms with Crippen molar-refractivity contribution in [1.29, 1.82) is 0 Å². The molecule has 3 nitrogen and oxygen atoms in total. The van der Waals surface area contributed by atoms with E-state index in [0.717, 1.165) is 4.90 Å². The molecule has 2 rings (SSSR count). The maximum absolute atomic E-state index is 13.4. The summed E-state index contributed by atoms with van der Waals surface area (Å²) in [6.07, 6.45) is 0. The highest BCUT2D eigenvalue weighted by Crippen LogP contribution is 2.26. The van der Waals surface area contributed by atoms with Gasteiger partial charge >= 0.3 is 0 Å². The first kappa shape index (κ1) is 13.7. The Bertz CT molecular complexity index is 513. The molecule has 0 radical (unpaired) electrons. The lowest BCUT2D eigenvalue weighted by Gasteiger charge is -2.38. The summed E-state index contributed by atoms with van der Waals surface area (Å²) >= 11 is 0. The van der Waals surface area contributed by atoms with Gasteiger partial charge in [0.05, 0.1) is 0 Å². The summed E-state index contributed by atoms with van der Waals surface area (Å²) in [5.74, 6) is -12.0. The molecule has 19 heavy (non-hydrogen) atoms. The third kappa shape index (κ3) is 2.05. The summed E-state index contributed by atoms with van der Waals surface area (Å²) in [6.45, 7) is 0.546. The van der Waals surface area contributed by atoms with Gasteiger partial charge in [-0.15, -0.1) is 0 Å². The van der Waals surface area contributed by atoms with Crippen LogP contribution in [0.5, 0.6) is 0 Å². The Morgan fingerprint density at radius 3 is 1.84 bits per heavy atom. The number of carbonyl (C=O) groups excluding carboxylic acids is 1. The van der Waals surface area contributed by atoms with Crippen molar-refractivity contribution in [3.63, 3.8) is 0 Å². The van der Waals surface area contributed by atoms with Gasteiger partial charge in [-0.3, -0.25) is 4.79 Å². The van der Waals surface area contributed by atoms with Gasteiger partial charge in [0.25, 0.3) is 5.91 Å². The largest absolute Gasteiger partial charge is 0.338 e. The van der Waals surface area contributed by atoms with Crippen molar-refractivity contribution in [1.82, 2.24) is 4.90 Å². The minimum absolute atomic E-state index is 0.0229. The highest BCUT2D eigenvalue weighted by molar-refractivity contribution is 5.95. The highest BCUT2D eigenvalue weighted by Gasteiger charge is 2.36. The summed E-state index contributed by atoms with van der Waals surface area (Å²) in [5.41, 5.74) is 3.88. The summed E-state index contributed by atoms with van der Waals surface area (Å²) in [4.78, 5) is 12.7. The fourth-order valence-corrected chi connectivity index (χ4v) is 1.84. The zero-order valence-electron chi connectivity index (χ0n) is 9.52. The fourth-order valence-electron chi connectivity index (χ4n) is 1.84. The molecule has 0 spiro atoms. The molecule has 0 aliphatic carbocycles. The molecule has 0 aromatic heterocycles. The van der Waals surface area contributed by atoms with Crippen LogP contribution in [0, 0.1) is 35.0 Å². The summed E-state index contributed by atoms with van der Waals surface area (Å²) in [7, 11) is 0. The second kappa shape index (κ2) is 4.76. The molecule has 1 saturated heterocycles. The Kier molecular flexibility index (Phi) is 3.44. The van der Waals surface area contributed by atoms with E-state index in [1.165, 1.54) is 0 Å². The number of hydrogen-bond donors (Lipinski definition) is 1. The molecule has 1 aliphatic rings. The molecule has 1 aromatic carbocycles. The van der Waals surface area contributed by atoms with Crippen molar-refractivity contribution in [2.75, 3.05) is 19.6 Å². The predicted molar refractivity (Wildman–Crippen MR) is 54.7 cm³/mol. The molecule has 1 aromatic rings. The van der Waals surface area contributed by atoms with Gasteiger partial charge < -0.3 is 10.6 Å². The van der Waals surface area contributed by atoms with Crippen molar-refractivity contribution in [2.45, 2.75) is 0 Å². The molecule has 0 bridgehead atoms. The van der Waals surface area contributed by atoms with Gasteiger partial charge in [0, 0.05) is 19.0 Å². The van der Waals surface area contributed by atoms with E-state index in [1.807, 2.05) is 0 Å². The average molecular weight is 280 g/mol. The number of benzene rings is 1. The first-order valence-corrected chi connectivity index (χ1v) is 5.39. The van der Waals surface area contributed by atoms with Gasteiger partial charge in [-0.2, -0.15) is 0 Å². The van der Waals surface area contributed by atoms with Crippen LogP contribution in [0.1, 0.15) is 10.4 Å². The number of hydrogen-bond acceptors (Lipinski definition) is 2. The fraction of sp³-hybridized carbons (Fsp3) is 0.364. The van der Waals surface area contributed by atoms with Crippen LogP contribution in [-0.2, 0) is 0 Å². The van der Waals surface area contributed by atoms with E-state index >= 15 is 0 Å². The molecule has 0 saturated carbocycles. The molecule has 0 unspecified atom stereocenters. The minimum Gasteiger partial charge on any atom is -0.338 e. The standard InChI is InChI=1S/C11H9F5N2O/c12-6-5(7(13)9(15)10(16)8(6)14)11(19)18-2-4(1-17)3-18/h4H,1-3,17H2. The van der Waals surface area contributed by atoms with E-state index in [-0.39, 0.29) is 25.6 Å². The number of halogens is 5. The van der Waals surface area contributed by atoms with Crippen LogP contribution in [-0.4, -0.2) is 30.4 Å². The number of amides is 1. The Morgan fingerprint density at radius 2 is 1.42 bits per heavy atom. The van der Waals surface area contributed by atoms with E-state index in [0.29, 0.717) is 0 Å². The second-order valence-electron chi connectivity index (χ2n) is 4.26. The molecule has 1 amide bonds. The van der Waals surface area contributed by atoms with E-state index in [1.54, 1.807) is 0 Å². The Labute approximate surface area is 104 Å². The Hall–Kier alpha value is -1.70. The number of carbonyl (C=O) groups is 1. The first-order chi connectivity index (χ1) is 8.88. The molecule has 1 heterocycles. The summed E-state index contributed by atoms with van der Waals surface area (Å²) in [5, 5.41) is 0. The van der Waals surface area contributed by atoms with E-state index in [4.69, 9.17) is 5.73 Å². The molecular weight excluding hydrogens is 271 g/mol. The zero-order valence-corrected chi connectivity index (χ0v) is 9.52. The van der Waals surface area contributed by atoms with Gasteiger partial charge in [-0.05, 0) is 6.54 Å². The molecule has 8 heteroatoms. The van der Waals surface area contributed by atoms with Crippen molar-refractivity contribution < 1.29 is 26.7 Å². The quantitative estimate of drug-likeness (QED) is 0.506. The molecule has 2 N–H and O–H groups in total. The number of nitrogens with zero attached hydrogens (tertiary/aromatic N) is 1. The molecule has 0 atom stereocenters. The highest BCUT2D eigenvalue weighted by atomic mass is 19.2. The summed E-state index contributed by atoms with van der Waals surface area (Å²) < 4.78 is 65.4. The molecule has 104 valence electrons. The number of likely N-dealkylation sites (tertiary alicyclic amines) is 1. The van der Waals surface area contributed by atoms with E-state index in [9.17, 15) is 26.7 Å². The lowest BCUT2D eigenvalue weighted by molar-refractivity contribution is 0.0502. The lowest BCUT2D eigenvalue weighted by atomic mass is 9.98. The van der Waals surface area contributed by atoms with Crippen LogP contribution in [0.4, 0.5) is 22.0 Å². The van der Waals surface area contributed by atoms with Crippen LogP contribution in [0.25, 0.3) is 0 Å². The number of rotatable bonds is 2. The first-order valence-electron chi connectivity index (χ1n) is 5.39. The minimum atomic E-state index is -2.28. The van der Waals surface area contributed by atoms with Crippen molar-refractivity contribution in [2.24, 2.45) is 11.7 Å². The van der Waals surface area contributed by atoms with Crippen LogP contribution in [0.3, 0.4) is 0 Å². The van der Waals surface area contributed by atoms with Gasteiger partial charge in [0.2, 0.25) is 5.82 Å². The molecule has 1 aliphatic heterocycles. The van der Waals surface area contributed by atoms with Gasteiger partial charge in [-0.25, -0.2) is 22.0 Å². The van der Waals surface area contributed by atoms with Crippen LogP contribution >= 0.6 is 0 Å². The predicted octanol–water partition coefficient (Wildman–Crippen LogP) is 1.41. The monoisotopic (exact) mass is 280 g/mol. The van der Waals surface area contributed by atoms with Crippen molar-refractivity contribution in [3.8, 4) is 0 Å². The third-order valence-electron chi connectivity index (χ3n) is 3.00. The van der Waals surface area contributed by atoms with E-state index in [2.05, 4.69) is 0 Å². The van der Waals surface area contributed by atoms with Gasteiger partial charge in [0.1, 0.15) is 5.56 Å². The van der Waals surface area contributed by atoms with Crippen LogP contribution in [0.2, 0.25) is 0 Å². The SMILES string of the molecule is NCC1CN(C(=O)c2c(F)c(F)c(F)c(F)c2F)C1. The zero-order chi connectivity index (χ0) is 14.3. The Balaban J connectivity index is 2.38. The van der Waals surface area contributed by atoms with Gasteiger partial charge in [0.15, 0.2) is 23.3 Å². The summed E-state index contributed by atoms with van der Waals surface area (Å²) in [6, 6.07) is 0. The van der Waals surface area contributed by atoms with Gasteiger partial charge in [-0.1, -0.05) is 0 Å². The van der Waals surface area contributed by atoms with Crippen LogP contribution < -0.4 is 5.73 Å². The van der Waals surface area contributed by atoms with Crippen LogP contribution in [0.15, 0.2) is 0 Å². The lowest BCUT2D eigenvalue weighted by Crippen LogP contribution is -2.53. The second-order valence-corrected chi connectivity index (χ2v) is 4.26. The van der Waals surface area contributed by atoms with E-state index < -0.39 is 40.6 Å². The topological polar surface area (TPSA) is 46.3 Å². The molecular formula is C11H9F5N2O. The van der Waals surface area contributed by atoms with Crippen molar-refractivity contribution in [3.05, 3.63) is 34.6 Å². The maximum atomic E-state index is 13.4.